The molecule has 3 rings (SSSR count). The first-order valence-corrected chi connectivity index (χ1v) is 9.28. The van der Waals surface area contributed by atoms with E-state index in [-0.39, 0.29) is 5.91 Å². The molecule has 0 aromatic heterocycles. The van der Waals surface area contributed by atoms with E-state index >= 15 is 0 Å². The second-order valence-electron chi connectivity index (χ2n) is 6.77. The Morgan fingerprint density at radius 2 is 1.68 bits per heavy atom. The number of hydrogen-bond acceptors (Lipinski definition) is 2. The van der Waals surface area contributed by atoms with Crippen LogP contribution < -0.4 is 4.74 Å². The summed E-state index contributed by atoms with van der Waals surface area (Å²) in [6, 6.07) is 18.5. The van der Waals surface area contributed by atoms with Gasteiger partial charge in [-0.2, -0.15) is 0 Å². The van der Waals surface area contributed by atoms with Gasteiger partial charge in [0.25, 0.3) is 0 Å². The summed E-state index contributed by atoms with van der Waals surface area (Å²) in [6.45, 7) is 4.40. The number of piperidine rings is 1. The van der Waals surface area contributed by atoms with Gasteiger partial charge in [-0.1, -0.05) is 42.5 Å². The smallest absolute Gasteiger partial charge is 0.226 e. The molecule has 3 nitrogen and oxygen atoms in total. The fourth-order valence-electron chi connectivity index (χ4n) is 3.49. The molecule has 0 radical (unpaired) electrons. The number of nitrogens with zero attached hydrogens (tertiary/aromatic N) is 1. The van der Waals surface area contributed by atoms with E-state index in [0.717, 1.165) is 43.7 Å². The Balaban J connectivity index is 1.46. The third-order valence-electron chi connectivity index (χ3n) is 4.92. The average Bonchev–Trinajstić information content (AvgIpc) is 2.65. The Morgan fingerprint density at radius 3 is 2.32 bits per heavy atom. The summed E-state index contributed by atoms with van der Waals surface area (Å²) in [7, 11) is 0. The molecule has 1 aliphatic heterocycles. The number of hydrogen-bond donors (Lipinski definition) is 0. The molecule has 0 N–H and O–H groups in total. The molecule has 1 saturated heterocycles. The van der Waals surface area contributed by atoms with Gasteiger partial charge in [-0.3, -0.25) is 4.79 Å². The predicted octanol–water partition coefficient (Wildman–Crippen LogP) is 4.11. The molecular formula is C22H27NO2. The van der Waals surface area contributed by atoms with Gasteiger partial charge in [0, 0.05) is 13.1 Å². The highest BCUT2D eigenvalue weighted by Gasteiger charge is 2.22. The Bertz CT molecular complexity index is 658. The van der Waals surface area contributed by atoms with Crippen LogP contribution >= 0.6 is 0 Å². The summed E-state index contributed by atoms with van der Waals surface area (Å²) < 4.78 is 5.45. The molecule has 132 valence electrons. The van der Waals surface area contributed by atoms with Gasteiger partial charge < -0.3 is 9.64 Å². The second kappa shape index (κ2) is 8.70. The molecule has 1 fully saturated rings. The Morgan fingerprint density at radius 1 is 1.00 bits per heavy atom. The lowest BCUT2D eigenvalue weighted by Crippen LogP contribution is -2.39. The Hall–Kier alpha value is -2.29. The lowest BCUT2D eigenvalue weighted by Gasteiger charge is -2.32. The Labute approximate surface area is 150 Å². The zero-order valence-corrected chi connectivity index (χ0v) is 15.0. The van der Waals surface area contributed by atoms with Crippen LogP contribution in [0.5, 0.6) is 5.75 Å². The van der Waals surface area contributed by atoms with Gasteiger partial charge in [-0.25, -0.2) is 0 Å². The van der Waals surface area contributed by atoms with Crippen molar-refractivity contribution < 1.29 is 9.53 Å². The monoisotopic (exact) mass is 337 g/mol. The maximum atomic E-state index is 12.5. The molecule has 1 aliphatic rings. The molecule has 2 aromatic rings. The molecule has 0 saturated carbocycles. The molecule has 25 heavy (non-hydrogen) atoms. The molecule has 1 heterocycles. The zero-order valence-electron chi connectivity index (χ0n) is 15.0. The molecule has 0 unspecified atom stereocenters. The normalized spacial score (nSPS) is 15.2. The van der Waals surface area contributed by atoms with Crippen LogP contribution in [-0.4, -0.2) is 30.5 Å². The van der Waals surface area contributed by atoms with E-state index in [0.29, 0.717) is 18.9 Å². The van der Waals surface area contributed by atoms with E-state index in [1.165, 1.54) is 5.56 Å². The van der Waals surface area contributed by atoms with E-state index in [9.17, 15) is 4.79 Å². The maximum absolute atomic E-state index is 12.5. The van der Waals surface area contributed by atoms with Crippen LogP contribution in [0, 0.1) is 5.92 Å². The van der Waals surface area contributed by atoms with Gasteiger partial charge in [0.05, 0.1) is 13.0 Å². The predicted molar refractivity (Wildman–Crippen MR) is 101 cm³/mol. The number of rotatable bonds is 6. The van der Waals surface area contributed by atoms with Crippen molar-refractivity contribution in [3.8, 4) is 5.75 Å². The van der Waals surface area contributed by atoms with Crippen molar-refractivity contribution in [1.82, 2.24) is 4.90 Å². The van der Waals surface area contributed by atoms with Crippen molar-refractivity contribution in [2.24, 2.45) is 5.92 Å². The number of likely N-dealkylation sites (tertiary alicyclic amines) is 1. The topological polar surface area (TPSA) is 29.5 Å². The molecule has 0 spiro atoms. The van der Waals surface area contributed by atoms with Crippen molar-refractivity contribution in [3.05, 3.63) is 65.7 Å². The van der Waals surface area contributed by atoms with E-state index in [4.69, 9.17) is 4.74 Å². The van der Waals surface area contributed by atoms with Crippen LogP contribution in [0.4, 0.5) is 0 Å². The third-order valence-corrected chi connectivity index (χ3v) is 4.92. The highest BCUT2D eigenvalue weighted by molar-refractivity contribution is 5.78. The number of benzene rings is 2. The van der Waals surface area contributed by atoms with Crippen LogP contribution in [0.2, 0.25) is 0 Å². The molecule has 0 aliphatic carbocycles. The van der Waals surface area contributed by atoms with Crippen LogP contribution in [0.1, 0.15) is 30.9 Å². The summed E-state index contributed by atoms with van der Waals surface area (Å²) in [5.41, 5.74) is 2.46. The van der Waals surface area contributed by atoms with E-state index in [1.54, 1.807) is 0 Å². The van der Waals surface area contributed by atoms with Gasteiger partial charge >= 0.3 is 0 Å². The minimum atomic E-state index is 0.238. The fourth-order valence-corrected chi connectivity index (χ4v) is 3.49. The molecule has 0 atom stereocenters. The van der Waals surface area contributed by atoms with Crippen LogP contribution in [0.25, 0.3) is 0 Å². The van der Waals surface area contributed by atoms with Crippen molar-refractivity contribution in [2.75, 3.05) is 19.7 Å². The summed E-state index contributed by atoms with van der Waals surface area (Å²) >= 11 is 0. The number of carbonyl (C=O) groups is 1. The van der Waals surface area contributed by atoms with Gasteiger partial charge in [0.15, 0.2) is 0 Å². The van der Waals surface area contributed by atoms with Gasteiger partial charge in [-0.15, -0.1) is 0 Å². The summed E-state index contributed by atoms with van der Waals surface area (Å²) in [5, 5.41) is 0. The van der Waals surface area contributed by atoms with Crippen molar-refractivity contribution >= 4 is 5.91 Å². The number of carbonyl (C=O) groups excluding carboxylic acids is 1. The van der Waals surface area contributed by atoms with Gasteiger partial charge in [0.1, 0.15) is 5.75 Å². The fraction of sp³-hybridized carbons (Fsp3) is 0.409. The van der Waals surface area contributed by atoms with Crippen molar-refractivity contribution in [2.45, 2.75) is 32.6 Å². The average molecular weight is 337 g/mol. The first kappa shape index (κ1) is 17.5. The highest BCUT2D eigenvalue weighted by Crippen LogP contribution is 2.22. The zero-order chi connectivity index (χ0) is 17.5. The van der Waals surface area contributed by atoms with Crippen LogP contribution in [0.15, 0.2) is 54.6 Å². The number of ether oxygens (including phenoxy) is 1. The minimum absolute atomic E-state index is 0.238. The van der Waals surface area contributed by atoms with Gasteiger partial charge in [0.2, 0.25) is 5.91 Å². The first-order chi connectivity index (χ1) is 12.2. The quantitative estimate of drug-likeness (QED) is 0.794. The largest absolute Gasteiger partial charge is 0.494 e. The first-order valence-electron chi connectivity index (χ1n) is 9.28. The molecule has 1 amide bonds. The highest BCUT2D eigenvalue weighted by atomic mass is 16.5. The summed E-state index contributed by atoms with van der Waals surface area (Å²) in [5.74, 6) is 1.79. The lowest BCUT2D eigenvalue weighted by atomic mass is 9.90. The molecule has 3 heteroatoms. The number of amides is 1. The minimum Gasteiger partial charge on any atom is -0.494 e. The lowest BCUT2D eigenvalue weighted by molar-refractivity contribution is -0.131. The summed E-state index contributed by atoms with van der Waals surface area (Å²) in [6.07, 6.45) is 3.81. The molecule has 2 aromatic carbocycles. The second-order valence-corrected chi connectivity index (χ2v) is 6.77. The molecular weight excluding hydrogens is 310 g/mol. The van der Waals surface area contributed by atoms with E-state index in [2.05, 4.69) is 30.3 Å². The van der Waals surface area contributed by atoms with Crippen molar-refractivity contribution in [3.63, 3.8) is 0 Å². The Kier molecular flexibility index (Phi) is 6.10. The van der Waals surface area contributed by atoms with Gasteiger partial charge in [-0.05, 0) is 55.4 Å². The SMILES string of the molecule is CCOc1ccc(CC(=O)N2CCC(Cc3ccccc3)CC2)cc1. The van der Waals surface area contributed by atoms with E-state index in [1.807, 2.05) is 36.1 Å². The third kappa shape index (κ3) is 5.09. The van der Waals surface area contributed by atoms with E-state index < -0.39 is 0 Å². The molecule has 0 bridgehead atoms. The van der Waals surface area contributed by atoms with Crippen LogP contribution in [-0.2, 0) is 17.6 Å². The summed E-state index contributed by atoms with van der Waals surface area (Å²) in [4.78, 5) is 14.6. The standard InChI is InChI=1S/C22H27NO2/c1-2-25-21-10-8-19(9-11-21)17-22(24)23-14-12-20(13-15-23)16-18-6-4-3-5-7-18/h3-11,20H,2,12-17H2,1H3. The maximum Gasteiger partial charge on any atom is 0.226 e. The van der Waals surface area contributed by atoms with Crippen molar-refractivity contribution in [1.29, 1.82) is 0 Å². The van der Waals surface area contributed by atoms with Crippen LogP contribution in [0.3, 0.4) is 0 Å².